The van der Waals surface area contributed by atoms with E-state index in [1.54, 1.807) is 18.2 Å². The predicted molar refractivity (Wildman–Crippen MR) is 58.5 cm³/mol. The van der Waals surface area contributed by atoms with Crippen molar-refractivity contribution in [1.82, 2.24) is 10.6 Å². The average molecular weight is 208 g/mol. The molecule has 0 saturated heterocycles. The molecule has 1 rings (SSSR count). The Kier molecular flexibility index (Phi) is 4.63. The van der Waals surface area contributed by atoms with Crippen LogP contribution in [0.5, 0.6) is 5.75 Å². The van der Waals surface area contributed by atoms with Crippen LogP contribution in [-0.4, -0.2) is 24.1 Å². The molecule has 4 nitrogen and oxygen atoms in total. The van der Waals surface area contributed by atoms with Crippen LogP contribution >= 0.6 is 0 Å². The molecule has 0 unspecified atom stereocenters. The van der Waals surface area contributed by atoms with E-state index in [2.05, 4.69) is 10.6 Å². The number of phenolic OH excluding ortho intramolecular Hbond substituents is 1. The summed E-state index contributed by atoms with van der Waals surface area (Å²) in [5.41, 5.74) is 1.03. The summed E-state index contributed by atoms with van der Waals surface area (Å²) < 4.78 is 0. The van der Waals surface area contributed by atoms with E-state index in [-0.39, 0.29) is 11.7 Å². The minimum atomic E-state index is -0.0193. The van der Waals surface area contributed by atoms with Crippen molar-refractivity contribution in [3.8, 4) is 5.75 Å². The molecular formula is C11H16N2O2. The van der Waals surface area contributed by atoms with Gasteiger partial charge in [-0.2, -0.15) is 0 Å². The van der Waals surface area contributed by atoms with Crippen molar-refractivity contribution in [3.63, 3.8) is 0 Å². The van der Waals surface area contributed by atoms with Gasteiger partial charge in [0.2, 0.25) is 5.91 Å². The molecule has 0 spiro atoms. The van der Waals surface area contributed by atoms with Gasteiger partial charge in [-0.15, -0.1) is 0 Å². The zero-order valence-electron chi connectivity index (χ0n) is 8.79. The van der Waals surface area contributed by atoms with Crippen LogP contribution in [0.25, 0.3) is 0 Å². The molecule has 0 atom stereocenters. The molecule has 0 saturated carbocycles. The second-order valence-corrected chi connectivity index (χ2v) is 3.33. The second-order valence-electron chi connectivity index (χ2n) is 3.33. The molecule has 1 aromatic carbocycles. The summed E-state index contributed by atoms with van der Waals surface area (Å²) >= 11 is 0. The Balaban J connectivity index is 2.17. The molecule has 0 aliphatic carbocycles. The molecule has 0 aromatic heterocycles. The van der Waals surface area contributed by atoms with Crippen molar-refractivity contribution in [2.24, 2.45) is 0 Å². The Bertz CT molecular complexity index is 326. The van der Waals surface area contributed by atoms with Gasteiger partial charge in [0, 0.05) is 26.6 Å². The number of carbonyl (C=O) groups excluding carboxylic acids is 1. The number of phenols is 1. The Labute approximate surface area is 89.3 Å². The first-order chi connectivity index (χ1) is 7.18. The maximum atomic E-state index is 10.5. The van der Waals surface area contributed by atoms with Crippen molar-refractivity contribution in [1.29, 1.82) is 0 Å². The molecule has 1 aromatic rings. The van der Waals surface area contributed by atoms with E-state index in [1.165, 1.54) is 6.92 Å². The molecule has 1 amide bonds. The van der Waals surface area contributed by atoms with Crippen molar-refractivity contribution in [2.75, 3.05) is 13.1 Å². The van der Waals surface area contributed by atoms with Gasteiger partial charge in [-0.3, -0.25) is 4.79 Å². The van der Waals surface area contributed by atoms with Gasteiger partial charge in [0.05, 0.1) is 0 Å². The van der Waals surface area contributed by atoms with Gasteiger partial charge in [-0.1, -0.05) is 12.1 Å². The summed E-state index contributed by atoms with van der Waals surface area (Å²) in [6.45, 7) is 3.52. The van der Waals surface area contributed by atoms with Gasteiger partial charge in [-0.05, 0) is 17.7 Å². The number of rotatable bonds is 5. The first-order valence-electron chi connectivity index (χ1n) is 4.91. The first-order valence-corrected chi connectivity index (χ1v) is 4.91. The van der Waals surface area contributed by atoms with E-state index in [0.717, 1.165) is 12.1 Å². The van der Waals surface area contributed by atoms with Crippen LogP contribution in [0, 0.1) is 0 Å². The molecule has 3 N–H and O–H groups in total. The van der Waals surface area contributed by atoms with Gasteiger partial charge in [-0.25, -0.2) is 0 Å². The van der Waals surface area contributed by atoms with Crippen LogP contribution in [0.2, 0.25) is 0 Å². The molecule has 0 bridgehead atoms. The molecule has 0 heterocycles. The van der Waals surface area contributed by atoms with Crippen molar-refractivity contribution >= 4 is 5.91 Å². The van der Waals surface area contributed by atoms with Crippen LogP contribution in [0.15, 0.2) is 24.3 Å². The highest BCUT2D eigenvalue weighted by atomic mass is 16.3. The van der Waals surface area contributed by atoms with E-state index < -0.39 is 0 Å². The van der Waals surface area contributed by atoms with Gasteiger partial charge in [0.15, 0.2) is 0 Å². The third-order valence-electron chi connectivity index (χ3n) is 1.92. The van der Waals surface area contributed by atoms with Gasteiger partial charge in [0.1, 0.15) is 5.75 Å². The lowest BCUT2D eigenvalue weighted by Crippen LogP contribution is -2.29. The van der Waals surface area contributed by atoms with Crippen LogP contribution in [0.4, 0.5) is 0 Å². The van der Waals surface area contributed by atoms with Crippen molar-refractivity contribution in [3.05, 3.63) is 29.8 Å². The van der Waals surface area contributed by atoms with E-state index in [4.69, 9.17) is 0 Å². The third kappa shape index (κ3) is 5.02. The Morgan fingerprint density at radius 3 is 2.87 bits per heavy atom. The molecule has 0 radical (unpaired) electrons. The highest BCUT2D eigenvalue weighted by Gasteiger charge is 1.94. The summed E-state index contributed by atoms with van der Waals surface area (Å²) in [7, 11) is 0. The Morgan fingerprint density at radius 2 is 2.20 bits per heavy atom. The lowest BCUT2D eigenvalue weighted by molar-refractivity contribution is -0.118. The molecule has 0 aliphatic heterocycles. The second kappa shape index (κ2) is 6.03. The van der Waals surface area contributed by atoms with Crippen molar-refractivity contribution in [2.45, 2.75) is 13.5 Å². The standard InChI is InChI=1S/C11H16N2O2/c1-9(14)13-6-5-12-8-10-3-2-4-11(15)7-10/h2-4,7,12,15H,5-6,8H2,1H3,(H,13,14). The number of nitrogens with one attached hydrogen (secondary N) is 2. The maximum absolute atomic E-state index is 10.5. The quantitative estimate of drug-likeness (QED) is 0.622. The number of amides is 1. The highest BCUT2D eigenvalue weighted by Crippen LogP contribution is 2.09. The summed E-state index contributed by atoms with van der Waals surface area (Å²) in [6.07, 6.45) is 0. The monoisotopic (exact) mass is 208 g/mol. The first kappa shape index (κ1) is 11.5. The molecule has 4 heteroatoms. The summed E-state index contributed by atoms with van der Waals surface area (Å²) in [5.74, 6) is 0.255. The molecule has 0 aliphatic rings. The van der Waals surface area contributed by atoms with E-state index in [0.29, 0.717) is 13.1 Å². The number of hydrogen-bond donors (Lipinski definition) is 3. The Morgan fingerprint density at radius 1 is 1.40 bits per heavy atom. The number of hydrogen-bond acceptors (Lipinski definition) is 3. The zero-order chi connectivity index (χ0) is 11.1. The number of aromatic hydroxyl groups is 1. The third-order valence-corrected chi connectivity index (χ3v) is 1.92. The minimum Gasteiger partial charge on any atom is -0.508 e. The minimum absolute atomic E-state index is 0.0193. The van der Waals surface area contributed by atoms with E-state index in [1.807, 2.05) is 6.07 Å². The van der Waals surface area contributed by atoms with Crippen molar-refractivity contribution < 1.29 is 9.90 Å². The predicted octanol–water partition coefficient (Wildman–Crippen LogP) is 0.618. The highest BCUT2D eigenvalue weighted by molar-refractivity contribution is 5.72. The fourth-order valence-electron chi connectivity index (χ4n) is 1.23. The van der Waals surface area contributed by atoms with Gasteiger partial charge >= 0.3 is 0 Å². The lowest BCUT2D eigenvalue weighted by atomic mass is 10.2. The summed E-state index contributed by atoms with van der Waals surface area (Å²) in [6, 6.07) is 7.09. The molecular weight excluding hydrogens is 192 g/mol. The maximum Gasteiger partial charge on any atom is 0.216 e. The summed E-state index contributed by atoms with van der Waals surface area (Å²) in [5, 5.41) is 15.1. The summed E-state index contributed by atoms with van der Waals surface area (Å²) in [4.78, 5) is 10.5. The smallest absolute Gasteiger partial charge is 0.216 e. The molecule has 82 valence electrons. The van der Waals surface area contributed by atoms with Crippen LogP contribution < -0.4 is 10.6 Å². The molecule has 0 fully saturated rings. The van der Waals surface area contributed by atoms with Crippen LogP contribution in [-0.2, 0) is 11.3 Å². The van der Waals surface area contributed by atoms with E-state index >= 15 is 0 Å². The SMILES string of the molecule is CC(=O)NCCNCc1cccc(O)c1. The molecule has 15 heavy (non-hydrogen) atoms. The van der Waals surface area contributed by atoms with Crippen LogP contribution in [0.1, 0.15) is 12.5 Å². The Hall–Kier alpha value is -1.55. The zero-order valence-corrected chi connectivity index (χ0v) is 8.79. The fourth-order valence-corrected chi connectivity index (χ4v) is 1.23. The van der Waals surface area contributed by atoms with Gasteiger partial charge in [0.25, 0.3) is 0 Å². The number of benzene rings is 1. The fraction of sp³-hybridized carbons (Fsp3) is 0.364. The van der Waals surface area contributed by atoms with Gasteiger partial charge < -0.3 is 15.7 Å². The lowest BCUT2D eigenvalue weighted by Gasteiger charge is -2.05. The number of carbonyl (C=O) groups is 1. The largest absolute Gasteiger partial charge is 0.508 e. The van der Waals surface area contributed by atoms with E-state index in [9.17, 15) is 9.90 Å². The normalized spacial score (nSPS) is 9.93. The topological polar surface area (TPSA) is 61.4 Å². The average Bonchev–Trinajstić information content (AvgIpc) is 2.17. The van der Waals surface area contributed by atoms with Crippen LogP contribution in [0.3, 0.4) is 0 Å².